The molecule has 0 radical (unpaired) electrons. The van der Waals surface area contributed by atoms with Gasteiger partial charge in [-0.05, 0) is 35.1 Å². The van der Waals surface area contributed by atoms with Gasteiger partial charge in [-0.3, -0.25) is 14.5 Å². The lowest BCUT2D eigenvalue weighted by atomic mass is 9.98. The molecule has 0 unspecified atom stereocenters. The second kappa shape index (κ2) is 11.1. The lowest BCUT2D eigenvalue weighted by Gasteiger charge is -2.32. The number of nitrogens with one attached hydrogen (secondary N) is 1. The van der Waals surface area contributed by atoms with Gasteiger partial charge in [0, 0.05) is 25.0 Å². The molecule has 4 rings (SSSR count). The fourth-order valence-corrected chi connectivity index (χ4v) is 4.84. The number of carboxylic acid groups (broad SMARTS) is 1. The van der Waals surface area contributed by atoms with Crippen LogP contribution in [-0.2, 0) is 14.3 Å². The molecule has 0 aromatic heterocycles. The number of nitrogens with zero attached hydrogens (tertiary/aromatic N) is 2. The summed E-state index contributed by atoms with van der Waals surface area (Å²) in [7, 11) is 0. The number of rotatable bonds is 8. The van der Waals surface area contributed by atoms with Crippen molar-refractivity contribution in [2.45, 2.75) is 24.8 Å². The van der Waals surface area contributed by atoms with Crippen molar-refractivity contribution in [3.05, 3.63) is 59.7 Å². The van der Waals surface area contributed by atoms with E-state index in [9.17, 15) is 14.4 Å². The number of likely N-dealkylation sites (tertiary alicyclic amines) is 1. The summed E-state index contributed by atoms with van der Waals surface area (Å²) in [5.41, 5.74) is 4.70. The zero-order valence-corrected chi connectivity index (χ0v) is 19.5. The maximum Gasteiger partial charge on any atom is 0.407 e. The number of fused-ring (bicyclic) bond motifs is 3. The highest BCUT2D eigenvalue weighted by atomic mass is 16.5. The fraction of sp³-hybridized carbons (Fsp3) is 0.370. The molecule has 182 valence electrons. The molecule has 1 aliphatic heterocycles. The Kier molecular flexibility index (Phi) is 7.68. The van der Waals surface area contributed by atoms with E-state index in [-0.39, 0.29) is 37.6 Å². The smallest absolute Gasteiger partial charge is 0.407 e. The van der Waals surface area contributed by atoms with Gasteiger partial charge in [-0.2, -0.15) is 0 Å². The number of alkyl carbamates (subject to hydrolysis) is 1. The van der Waals surface area contributed by atoms with Gasteiger partial charge in [-0.1, -0.05) is 54.5 Å². The van der Waals surface area contributed by atoms with E-state index in [1.807, 2.05) is 29.2 Å². The Balaban J connectivity index is 1.24. The summed E-state index contributed by atoms with van der Waals surface area (Å²) in [6, 6.07) is 16.4. The van der Waals surface area contributed by atoms with Gasteiger partial charge in [-0.15, -0.1) is 6.42 Å². The number of terminal acetylenes is 1. The third-order valence-electron chi connectivity index (χ3n) is 6.57. The van der Waals surface area contributed by atoms with Crippen molar-refractivity contribution in [1.29, 1.82) is 0 Å². The molecule has 2 aliphatic rings. The Bertz CT molecular complexity index is 1090. The minimum absolute atomic E-state index is 0.0118. The molecule has 2 N–H and O–H groups in total. The van der Waals surface area contributed by atoms with Crippen LogP contribution in [-0.4, -0.2) is 78.2 Å². The van der Waals surface area contributed by atoms with E-state index in [4.69, 9.17) is 16.3 Å². The van der Waals surface area contributed by atoms with Gasteiger partial charge in [0.2, 0.25) is 5.91 Å². The number of hydrogen-bond donors (Lipinski definition) is 2. The monoisotopic (exact) mass is 475 g/mol. The lowest BCUT2D eigenvalue weighted by molar-refractivity contribution is -0.144. The van der Waals surface area contributed by atoms with Crippen LogP contribution < -0.4 is 5.32 Å². The maximum absolute atomic E-state index is 12.5. The number of carbonyl (C=O) groups is 3. The average molecular weight is 476 g/mol. The maximum atomic E-state index is 12.5. The number of piperidine rings is 1. The van der Waals surface area contributed by atoms with Crippen molar-refractivity contribution in [2.75, 3.05) is 39.3 Å². The molecular weight excluding hydrogens is 446 g/mol. The number of carboxylic acids is 1. The summed E-state index contributed by atoms with van der Waals surface area (Å²) in [6.07, 6.45) is 6.15. The highest BCUT2D eigenvalue weighted by Crippen LogP contribution is 2.44. The van der Waals surface area contributed by atoms with E-state index >= 15 is 0 Å². The van der Waals surface area contributed by atoms with Crippen molar-refractivity contribution in [2.24, 2.45) is 0 Å². The Morgan fingerprint density at radius 2 is 1.66 bits per heavy atom. The van der Waals surface area contributed by atoms with Gasteiger partial charge in [0.1, 0.15) is 13.2 Å². The third-order valence-corrected chi connectivity index (χ3v) is 6.57. The fourth-order valence-electron chi connectivity index (χ4n) is 4.84. The van der Waals surface area contributed by atoms with Crippen LogP contribution in [0.15, 0.2) is 48.5 Å². The summed E-state index contributed by atoms with van der Waals surface area (Å²) in [5.74, 6) is 0.927. The summed E-state index contributed by atoms with van der Waals surface area (Å²) < 4.78 is 5.63. The van der Waals surface area contributed by atoms with E-state index in [2.05, 4.69) is 35.5 Å². The van der Waals surface area contributed by atoms with Crippen molar-refractivity contribution in [3.63, 3.8) is 0 Å². The molecule has 8 heteroatoms. The molecule has 0 bridgehead atoms. The van der Waals surface area contributed by atoms with Gasteiger partial charge < -0.3 is 20.1 Å². The van der Waals surface area contributed by atoms with Crippen LogP contribution in [0, 0.1) is 12.3 Å². The van der Waals surface area contributed by atoms with Crippen LogP contribution in [0.4, 0.5) is 4.79 Å². The first-order valence-corrected chi connectivity index (χ1v) is 11.7. The Morgan fingerprint density at radius 3 is 2.23 bits per heavy atom. The first-order chi connectivity index (χ1) is 17.0. The molecule has 1 aliphatic carbocycles. The molecule has 1 saturated heterocycles. The van der Waals surface area contributed by atoms with Gasteiger partial charge in [0.15, 0.2) is 0 Å². The number of amides is 2. The minimum Gasteiger partial charge on any atom is -0.480 e. The Labute approximate surface area is 204 Å². The summed E-state index contributed by atoms with van der Waals surface area (Å²) in [4.78, 5) is 39.0. The SMILES string of the molecule is C#CCN(CC(=O)O)C(=O)CN1CCC(NC(=O)OCC2c3ccccc3-c3ccccc32)CC1. The molecule has 8 nitrogen and oxygen atoms in total. The van der Waals surface area contributed by atoms with Crippen molar-refractivity contribution in [3.8, 4) is 23.5 Å². The molecule has 2 amide bonds. The van der Waals surface area contributed by atoms with Crippen molar-refractivity contribution in [1.82, 2.24) is 15.1 Å². The van der Waals surface area contributed by atoms with Crippen LogP contribution in [0.25, 0.3) is 11.1 Å². The molecule has 1 heterocycles. The molecule has 1 fully saturated rings. The number of aliphatic carboxylic acids is 1. The summed E-state index contributed by atoms with van der Waals surface area (Å²) in [5, 5.41) is 11.9. The van der Waals surface area contributed by atoms with Crippen molar-refractivity contribution >= 4 is 18.0 Å². The summed E-state index contributed by atoms with van der Waals surface area (Å²) in [6.45, 7) is 1.14. The van der Waals surface area contributed by atoms with E-state index in [1.165, 1.54) is 22.3 Å². The second-order valence-corrected chi connectivity index (χ2v) is 8.87. The summed E-state index contributed by atoms with van der Waals surface area (Å²) >= 11 is 0. The molecule has 2 aromatic carbocycles. The number of benzene rings is 2. The molecular formula is C27H29N3O5. The zero-order valence-electron chi connectivity index (χ0n) is 19.5. The first kappa shape index (κ1) is 24.3. The molecule has 0 spiro atoms. The minimum atomic E-state index is -1.10. The average Bonchev–Trinajstić information content (AvgIpc) is 3.17. The van der Waals surface area contributed by atoms with E-state index in [1.54, 1.807) is 0 Å². The van der Waals surface area contributed by atoms with Gasteiger partial charge in [-0.25, -0.2) is 4.79 Å². The first-order valence-electron chi connectivity index (χ1n) is 11.7. The quantitative estimate of drug-likeness (QED) is 0.570. The van der Waals surface area contributed by atoms with Gasteiger partial charge in [0.25, 0.3) is 0 Å². The van der Waals surface area contributed by atoms with Gasteiger partial charge >= 0.3 is 12.1 Å². The van der Waals surface area contributed by atoms with E-state index in [0.29, 0.717) is 25.9 Å². The molecule has 0 atom stereocenters. The molecule has 0 saturated carbocycles. The van der Waals surface area contributed by atoms with Crippen LogP contribution in [0.5, 0.6) is 0 Å². The number of ether oxygens (including phenoxy) is 1. The highest BCUT2D eigenvalue weighted by Gasteiger charge is 2.30. The third kappa shape index (κ3) is 5.81. The largest absolute Gasteiger partial charge is 0.480 e. The van der Waals surface area contributed by atoms with Crippen molar-refractivity contribution < 1.29 is 24.2 Å². The molecule has 2 aromatic rings. The van der Waals surface area contributed by atoms with Crippen LogP contribution in [0.2, 0.25) is 0 Å². The van der Waals surface area contributed by atoms with Crippen LogP contribution >= 0.6 is 0 Å². The van der Waals surface area contributed by atoms with Gasteiger partial charge in [0.05, 0.1) is 13.1 Å². The Hall–Kier alpha value is -3.83. The van der Waals surface area contributed by atoms with E-state index < -0.39 is 18.6 Å². The second-order valence-electron chi connectivity index (χ2n) is 8.87. The topological polar surface area (TPSA) is 99.2 Å². The highest BCUT2D eigenvalue weighted by molar-refractivity contribution is 5.83. The predicted octanol–water partition coefficient (Wildman–Crippen LogP) is 2.54. The predicted molar refractivity (Wildman–Crippen MR) is 131 cm³/mol. The standard InChI is InChI=1S/C27H29N3O5/c1-2-13-30(17-26(32)33)25(31)16-29-14-11-19(12-15-29)28-27(34)35-18-24-22-9-5-3-7-20(22)21-8-4-6-10-23(21)24/h1,3-10,19,24H,11-18H2,(H,28,34)(H,32,33). The number of hydrogen-bond acceptors (Lipinski definition) is 5. The van der Waals surface area contributed by atoms with Crippen LogP contribution in [0.1, 0.15) is 29.9 Å². The normalized spacial score (nSPS) is 15.5. The number of carbonyl (C=O) groups excluding carboxylic acids is 2. The zero-order chi connectivity index (χ0) is 24.8. The van der Waals surface area contributed by atoms with Crippen LogP contribution in [0.3, 0.4) is 0 Å². The lowest BCUT2D eigenvalue weighted by Crippen LogP contribution is -2.49. The molecule has 35 heavy (non-hydrogen) atoms. The Morgan fingerprint density at radius 1 is 1.06 bits per heavy atom. The van der Waals surface area contributed by atoms with E-state index in [0.717, 1.165) is 4.90 Å².